The van der Waals surface area contributed by atoms with Crippen LogP contribution in [0.5, 0.6) is 5.75 Å². The molecule has 2 rings (SSSR count). The van der Waals surface area contributed by atoms with E-state index in [1.807, 2.05) is 6.07 Å². The molecule has 0 saturated heterocycles. The normalized spacial score (nSPS) is 9.76. The number of rotatable bonds is 7. The number of hydrogen-bond donors (Lipinski definition) is 1. The highest BCUT2D eigenvalue weighted by molar-refractivity contribution is 6.09. The maximum Gasteiger partial charge on any atom is 0.412 e. The van der Waals surface area contributed by atoms with E-state index in [1.54, 1.807) is 36.4 Å². The third-order valence-electron chi connectivity index (χ3n) is 3.15. The third kappa shape index (κ3) is 5.62. The fourth-order valence-corrected chi connectivity index (χ4v) is 1.94. The van der Waals surface area contributed by atoms with Crippen molar-refractivity contribution in [3.8, 4) is 5.75 Å². The second-order valence-electron chi connectivity index (χ2n) is 4.91. The summed E-state index contributed by atoms with van der Waals surface area (Å²) in [5, 5.41) is 2.43. The van der Waals surface area contributed by atoms with Crippen molar-refractivity contribution in [2.45, 2.75) is 0 Å². The van der Waals surface area contributed by atoms with Crippen LogP contribution in [0.2, 0.25) is 0 Å². The Morgan fingerprint density at radius 3 is 2.24 bits per heavy atom. The number of carbonyl (C=O) groups is 3. The SMILES string of the molecule is C=CC(=O)OCCNC(=O)Oc1ccc(C(=O)c2ccccc2)cc1. The van der Waals surface area contributed by atoms with Gasteiger partial charge in [0.05, 0.1) is 6.54 Å². The molecule has 128 valence electrons. The Labute approximate surface area is 145 Å². The summed E-state index contributed by atoms with van der Waals surface area (Å²) in [6, 6.07) is 15.1. The highest BCUT2D eigenvalue weighted by atomic mass is 16.6. The molecule has 0 fully saturated rings. The Morgan fingerprint density at radius 2 is 1.60 bits per heavy atom. The van der Waals surface area contributed by atoms with Gasteiger partial charge in [-0.25, -0.2) is 9.59 Å². The standard InChI is InChI=1S/C19H17NO5/c1-2-17(21)24-13-12-20-19(23)25-16-10-8-15(9-11-16)18(22)14-6-4-3-5-7-14/h2-11H,1,12-13H2,(H,20,23). The van der Waals surface area contributed by atoms with E-state index in [0.29, 0.717) is 16.9 Å². The topological polar surface area (TPSA) is 81.7 Å². The van der Waals surface area contributed by atoms with Crippen LogP contribution in [0.3, 0.4) is 0 Å². The molecular formula is C19H17NO5. The zero-order valence-corrected chi connectivity index (χ0v) is 13.4. The summed E-state index contributed by atoms with van der Waals surface area (Å²) >= 11 is 0. The zero-order chi connectivity index (χ0) is 18.1. The van der Waals surface area contributed by atoms with E-state index in [9.17, 15) is 14.4 Å². The first kappa shape index (κ1) is 17.9. The Morgan fingerprint density at radius 1 is 0.960 bits per heavy atom. The van der Waals surface area contributed by atoms with E-state index < -0.39 is 12.1 Å². The molecule has 0 unspecified atom stereocenters. The van der Waals surface area contributed by atoms with Gasteiger partial charge in [-0.1, -0.05) is 36.9 Å². The molecule has 0 saturated carbocycles. The van der Waals surface area contributed by atoms with Gasteiger partial charge in [0.2, 0.25) is 0 Å². The lowest BCUT2D eigenvalue weighted by Gasteiger charge is -2.07. The number of amides is 1. The lowest BCUT2D eigenvalue weighted by Crippen LogP contribution is -2.30. The van der Waals surface area contributed by atoms with Crippen LogP contribution in [-0.2, 0) is 9.53 Å². The number of ketones is 1. The lowest BCUT2D eigenvalue weighted by atomic mass is 10.0. The predicted octanol–water partition coefficient (Wildman–Crippen LogP) is 2.74. The molecule has 25 heavy (non-hydrogen) atoms. The number of nitrogens with one attached hydrogen (secondary N) is 1. The molecule has 0 aromatic heterocycles. The van der Waals surface area contributed by atoms with Crippen molar-refractivity contribution in [2.75, 3.05) is 13.2 Å². The van der Waals surface area contributed by atoms with Gasteiger partial charge in [0.25, 0.3) is 0 Å². The second kappa shape index (κ2) is 9.02. The third-order valence-corrected chi connectivity index (χ3v) is 3.15. The summed E-state index contributed by atoms with van der Waals surface area (Å²) in [5.74, 6) is -0.375. The van der Waals surface area contributed by atoms with Crippen molar-refractivity contribution >= 4 is 17.8 Å². The zero-order valence-electron chi connectivity index (χ0n) is 13.4. The van der Waals surface area contributed by atoms with Crippen LogP contribution in [0.15, 0.2) is 67.3 Å². The van der Waals surface area contributed by atoms with Crippen LogP contribution in [0.1, 0.15) is 15.9 Å². The molecule has 1 amide bonds. The largest absolute Gasteiger partial charge is 0.461 e. The summed E-state index contributed by atoms with van der Waals surface area (Å²) in [7, 11) is 0. The van der Waals surface area contributed by atoms with Crippen LogP contribution in [-0.4, -0.2) is 31.0 Å². The van der Waals surface area contributed by atoms with Gasteiger partial charge in [-0.05, 0) is 24.3 Å². The van der Waals surface area contributed by atoms with Gasteiger partial charge in [-0.2, -0.15) is 0 Å². The van der Waals surface area contributed by atoms with Gasteiger partial charge < -0.3 is 14.8 Å². The first-order valence-electron chi connectivity index (χ1n) is 7.55. The van der Waals surface area contributed by atoms with E-state index in [2.05, 4.69) is 11.9 Å². The average molecular weight is 339 g/mol. The molecule has 1 N–H and O–H groups in total. The van der Waals surface area contributed by atoms with Gasteiger partial charge in [0.1, 0.15) is 12.4 Å². The monoisotopic (exact) mass is 339 g/mol. The van der Waals surface area contributed by atoms with Crippen molar-refractivity contribution in [1.29, 1.82) is 0 Å². The molecule has 0 aliphatic rings. The minimum Gasteiger partial charge on any atom is -0.461 e. The van der Waals surface area contributed by atoms with Gasteiger partial charge >= 0.3 is 12.1 Å². The number of carbonyl (C=O) groups excluding carboxylic acids is 3. The molecule has 0 atom stereocenters. The maximum atomic E-state index is 12.3. The van der Waals surface area contributed by atoms with E-state index in [1.165, 1.54) is 12.1 Å². The molecule has 0 spiro atoms. The van der Waals surface area contributed by atoms with Gasteiger partial charge in [0, 0.05) is 17.2 Å². The second-order valence-corrected chi connectivity index (χ2v) is 4.91. The van der Waals surface area contributed by atoms with Crippen molar-refractivity contribution in [3.63, 3.8) is 0 Å². The molecule has 0 bridgehead atoms. The maximum absolute atomic E-state index is 12.3. The predicted molar refractivity (Wildman–Crippen MR) is 91.5 cm³/mol. The quantitative estimate of drug-likeness (QED) is 0.363. The number of hydrogen-bond acceptors (Lipinski definition) is 5. The van der Waals surface area contributed by atoms with E-state index >= 15 is 0 Å². The van der Waals surface area contributed by atoms with Crippen LogP contribution >= 0.6 is 0 Å². The first-order valence-corrected chi connectivity index (χ1v) is 7.55. The van der Waals surface area contributed by atoms with Crippen LogP contribution in [0.25, 0.3) is 0 Å². The molecule has 6 nitrogen and oxygen atoms in total. The van der Waals surface area contributed by atoms with Crippen LogP contribution < -0.4 is 10.1 Å². The molecule has 0 aliphatic heterocycles. The highest BCUT2D eigenvalue weighted by Gasteiger charge is 2.09. The van der Waals surface area contributed by atoms with E-state index in [4.69, 9.17) is 9.47 Å². The molecule has 2 aromatic carbocycles. The summed E-state index contributed by atoms with van der Waals surface area (Å²) in [5.41, 5.74) is 1.08. The van der Waals surface area contributed by atoms with Crippen molar-refractivity contribution in [3.05, 3.63) is 78.4 Å². The van der Waals surface area contributed by atoms with Crippen molar-refractivity contribution < 1.29 is 23.9 Å². The van der Waals surface area contributed by atoms with E-state index in [0.717, 1.165) is 6.08 Å². The highest BCUT2D eigenvalue weighted by Crippen LogP contribution is 2.15. The van der Waals surface area contributed by atoms with Crippen molar-refractivity contribution in [2.24, 2.45) is 0 Å². The molecule has 0 heterocycles. The molecular weight excluding hydrogens is 322 g/mol. The molecule has 2 aromatic rings. The molecule has 6 heteroatoms. The van der Waals surface area contributed by atoms with E-state index in [-0.39, 0.29) is 18.9 Å². The number of benzene rings is 2. The summed E-state index contributed by atoms with van der Waals surface area (Å²) in [4.78, 5) is 34.7. The van der Waals surface area contributed by atoms with Crippen LogP contribution in [0.4, 0.5) is 4.79 Å². The molecule has 0 radical (unpaired) electrons. The summed E-state index contributed by atoms with van der Waals surface area (Å²) in [6.45, 7) is 3.39. The Kier molecular flexibility index (Phi) is 6.47. The molecule has 0 aliphatic carbocycles. The Balaban J connectivity index is 1.83. The fourth-order valence-electron chi connectivity index (χ4n) is 1.94. The minimum atomic E-state index is -0.684. The summed E-state index contributed by atoms with van der Waals surface area (Å²) in [6.07, 6.45) is 0.355. The Hall–Kier alpha value is -3.41. The van der Waals surface area contributed by atoms with Crippen LogP contribution in [0, 0.1) is 0 Å². The smallest absolute Gasteiger partial charge is 0.412 e. The first-order chi connectivity index (χ1) is 12.1. The minimum absolute atomic E-state index is 0.0183. The van der Waals surface area contributed by atoms with Gasteiger partial charge in [0.15, 0.2) is 5.78 Å². The van der Waals surface area contributed by atoms with Crippen molar-refractivity contribution in [1.82, 2.24) is 5.32 Å². The average Bonchev–Trinajstić information content (AvgIpc) is 2.65. The number of ether oxygens (including phenoxy) is 2. The lowest BCUT2D eigenvalue weighted by molar-refractivity contribution is -0.137. The Bertz CT molecular complexity index is 753. The number of esters is 1. The fraction of sp³-hybridized carbons (Fsp3) is 0.105. The van der Waals surface area contributed by atoms with Gasteiger partial charge in [-0.3, -0.25) is 4.79 Å². The van der Waals surface area contributed by atoms with Gasteiger partial charge in [-0.15, -0.1) is 0 Å². The summed E-state index contributed by atoms with van der Waals surface area (Å²) < 4.78 is 9.78.